The molecule has 0 unspecified atom stereocenters. The van der Waals surface area contributed by atoms with E-state index in [9.17, 15) is 10.2 Å². The summed E-state index contributed by atoms with van der Waals surface area (Å²) in [5, 5.41) is 20.6. The zero-order valence-electron chi connectivity index (χ0n) is 19.0. The minimum atomic E-state index is 0. The van der Waals surface area contributed by atoms with Gasteiger partial charge in [-0.3, -0.25) is 9.97 Å². The predicted molar refractivity (Wildman–Crippen MR) is 120 cm³/mol. The number of phenolic OH excluding ortho intramolecular Hbond substituents is 2. The van der Waals surface area contributed by atoms with Gasteiger partial charge in [0.1, 0.15) is 11.5 Å². The first kappa shape index (κ1) is 32.3. The van der Waals surface area contributed by atoms with E-state index in [0.717, 1.165) is 16.7 Å². The normalized spacial score (nSPS) is 9.46. The molecule has 2 aromatic carbocycles. The van der Waals surface area contributed by atoms with Crippen molar-refractivity contribution < 1.29 is 74.0 Å². The van der Waals surface area contributed by atoms with Crippen LogP contribution in [0.15, 0.2) is 67.0 Å². The van der Waals surface area contributed by atoms with Crippen LogP contribution in [0.3, 0.4) is 0 Å². The van der Waals surface area contributed by atoms with Crippen molar-refractivity contribution in [3.8, 4) is 56.6 Å². The van der Waals surface area contributed by atoms with Crippen molar-refractivity contribution in [2.75, 3.05) is 14.2 Å². The maximum Gasteiger partial charge on any atom is 3.00 e. The quantitative estimate of drug-likeness (QED) is 0.238. The zero-order valence-corrected chi connectivity index (χ0v) is 22.4. The summed E-state index contributed by atoms with van der Waals surface area (Å²) in [6.45, 7) is 1.94. The summed E-state index contributed by atoms with van der Waals surface area (Å²) in [6.07, 6.45) is 3.39. The number of rotatable bonds is 5. The first-order valence-corrected chi connectivity index (χ1v) is 9.68. The van der Waals surface area contributed by atoms with Crippen LogP contribution in [-0.4, -0.2) is 34.4 Å². The third-order valence-corrected chi connectivity index (χ3v) is 5.05. The number of hydrogen-bond donors (Lipinski definition) is 2. The Hall–Kier alpha value is -2.67. The number of methoxy groups -OCH3 is 2. The van der Waals surface area contributed by atoms with Crippen LogP contribution in [0.1, 0.15) is 5.56 Å². The molecule has 35 heavy (non-hydrogen) atoms. The molecular formula is C25H22Cl3MnN2O4. The molecule has 0 bridgehead atoms. The maximum atomic E-state index is 10.5. The molecule has 0 aliphatic heterocycles. The molecule has 10 heteroatoms. The van der Waals surface area contributed by atoms with Gasteiger partial charge in [0.25, 0.3) is 0 Å². The summed E-state index contributed by atoms with van der Waals surface area (Å²) in [6, 6.07) is 16.2. The van der Waals surface area contributed by atoms with E-state index in [2.05, 4.69) is 9.97 Å². The average Bonchev–Trinajstić information content (AvgIpc) is 2.81. The van der Waals surface area contributed by atoms with Gasteiger partial charge < -0.3 is 56.9 Å². The number of halogens is 3. The Bertz CT molecular complexity index is 1240. The molecule has 2 heterocycles. The summed E-state index contributed by atoms with van der Waals surface area (Å²) in [5.41, 5.74) is 5.23. The van der Waals surface area contributed by atoms with Crippen molar-refractivity contribution in [3.05, 3.63) is 72.6 Å². The standard InChI is InChI=1S/C25H22N2O4.3ClH.Mn/c1-15-10-20(25(29)24(11-15)31-3)17-5-8-22(27-14-17)21-7-4-16(13-26-21)19-12-18(30-2)6-9-23(19)28;;;;/h4-14,28-29H,1-3H3;3*1H;/q;;;;+3/p-3. The van der Waals surface area contributed by atoms with E-state index >= 15 is 0 Å². The van der Waals surface area contributed by atoms with E-state index in [4.69, 9.17) is 9.47 Å². The number of pyridine rings is 2. The van der Waals surface area contributed by atoms with Crippen molar-refractivity contribution in [3.63, 3.8) is 0 Å². The van der Waals surface area contributed by atoms with Gasteiger partial charge in [0.05, 0.1) is 25.6 Å². The van der Waals surface area contributed by atoms with E-state index in [1.165, 1.54) is 7.11 Å². The third kappa shape index (κ3) is 6.94. The van der Waals surface area contributed by atoms with Crippen LogP contribution >= 0.6 is 0 Å². The molecule has 184 valence electrons. The van der Waals surface area contributed by atoms with E-state index in [0.29, 0.717) is 34.0 Å². The van der Waals surface area contributed by atoms with Crippen LogP contribution in [0.5, 0.6) is 23.0 Å². The summed E-state index contributed by atoms with van der Waals surface area (Å²) in [4.78, 5) is 9.01. The Morgan fingerprint density at radius 1 is 0.686 bits per heavy atom. The molecule has 4 aromatic rings. The minimum Gasteiger partial charge on any atom is -1.00 e. The molecule has 0 fully saturated rings. The van der Waals surface area contributed by atoms with E-state index < -0.39 is 0 Å². The maximum absolute atomic E-state index is 10.5. The van der Waals surface area contributed by atoms with Gasteiger partial charge in [0, 0.05) is 34.6 Å². The second-order valence-electron chi connectivity index (χ2n) is 7.11. The summed E-state index contributed by atoms with van der Waals surface area (Å²) in [5.74, 6) is 1.33. The van der Waals surface area contributed by atoms with Crippen LogP contribution in [0.4, 0.5) is 0 Å². The van der Waals surface area contributed by atoms with Crippen LogP contribution < -0.4 is 46.7 Å². The van der Waals surface area contributed by atoms with Gasteiger partial charge in [0.2, 0.25) is 0 Å². The molecule has 0 spiro atoms. The van der Waals surface area contributed by atoms with Gasteiger partial charge in [-0.2, -0.15) is 0 Å². The van der Waals surface area contributed by atoms with Crippen LogP contribution in [0.25, 0.3) is 33.6 Å². The largest absolute Gasteiger partial charge is 3.00 e. The number of phenols is 2. The summed E-state index contributed by atoms with van der Waals surface area (Å²) in [7, 11) is 3.11. The Balaban J connectivity index is 0.00000289. The Morgan fingerprint density at radius 3 is 1.74 bits per heavy atom. The summed E-state index contributed by atoms with van der Waals surface area (Å²) < 4.78 is 10.5. The molecular weight excluding hydrogens is 554 g/mol. The number of aromatic nitrogens is 2. The first-order valence-electron chi connectivity index (χ1n) is 9.68. The third-order valence-electron chi connectivity index (χ3n) is 5.05. The molecule has 6 nitrogen and oxygen atoms in total. The predicted octanol–water partition coefficient (Wildman–Crippen LogP) is -3.78. The van der Waals surface area contributed by atoms with Gasteiger partial charge in [-0.15, -0.1) is 0 Å². The molecule has 0 saturated heterocycles. The van der Waals surface area contributed by atoms with Gasteiger partial charge in [0.15, 0.2) is 11.5 Å². The van der Waals surface area contributed by atoms with E-state index in [1.54, 1.807) is 43.8 Å². The number of nitrogens with zero attached hydrogens (tertiary/aromatic N) is 2. The fraction of sp³-hybridized carbons (Fsp3) is 0.120. The fourth-order valence-electron chi connectivity index (χ4n) is 3.40. The van der Waals surface area contributed by atoms with E-state index in [1.807, 2.05) is 37.3 Å². The van der Waals surface area contributed by atoms with Gasteiger partial charge in [-0.05, 0) is 55.0 Å². The van der Waals surface area contributed by atoms with Crippen molar-refractivity contribution in [2.45, 2.75) is 6.92 Å². The van der Waals surface area contributed by atoms with Crippen molar-refractivity contribution in [1.82, 2.24) is 9.97 Å². The monoisotopic (exact) mass is 574 g/mol. The number of aromatic hydroxyl groups is 2. The zero-order chi connectivity index (χ0) is 22.0. The van der Waals surface area contributed by atoms with Gasteiger partial charge in [-0.25, -0.2) is 0 Å². The molecule has 2 N–H and O–H groups in total. The molecule has 4 rings (SSSR count). The van der Waals surface area contributed by atoms with Crippen molar-refractivity contribution in [2.24, 2.45) is 0 Å². The first-order chi connectivity index (χ1) is 15.0. The Labute approximate surface area is 233 Å². The molecule has 0 amide bonds. The molecule has 0 aliphatic rings. The number of aryl methyl sites for hydroxylation is 1. The number of hydrogen-bond acceptors (Lipinski definition) is 6. The van der Waals surface area contributed by atoms with Gasteiger partial charge in [-0.1, -0.05) is 12.1 Å². The molecule has 0 saturated carbocycles. The smallest absolute Gasteiger partial charge is 1.00 e. The van der Waals surface area contributed by atoms with Crippen LogP contribution in [0.2, 0.25) is 0 Å². The summed E-state index contributed by atoms with van der Waals surface area (Å²) >= 11 is 0. The second-order valence-corrected chi connectivity index (χ2v) is 7.11. The number of benzene rings is 2. The van der Waals surface area contributed by atoms with Crippen LogP contribution in [0, 0.1) is 6.92 Å². The Kier molecular flexibility index (Phi) is 13.0. The molecule has 2 aromatic heterocycles. The van der Waals surface area contributed by atoms with Crippen molar-refractivity contribution in [1.29, 1.82) is 0 Å². The number of ether oxygens (including phenoxy) is 2. The topological polar surface area (TPSA) is 84.7 Å². The minimum absolute atomic E-state index is 0. The van der Waals surface area contributed by atoms with Gasteiger partial charge >= 0.3 is 17.1 Å². The van der Waals surface area contributed by atoms with Crippen LogP contribution in [-0.2, 0) is 17.1 Å². The fourth-order valence-corrected chi connectivity index (χ4v) is 3.40. The SMILES string of the molecule is COc1ccc(O)c(-c2ccc(-c3ccc(-c4cc(C)cc(OC)c4O)cn3)nc2)c1.[Cl-].[Cl-].[Cl-].[Mn+3]. The molecule has 0 atom stereocenters. The second kappa shape index (κ2) is 14.0. The molecule has 0 radical (unpaired) electrons. The average molecular weight is 576 g/mol. The Morgan fingerprint density at radius 2 is 1.26 bits per heavy atom. The molecule has 0 aliphatic carbocycles. The van der Waals surface area contributed by atoms with Crippen molar-refractivity contribution >= 4 is 0 Å². The van der Waals surface area contributed by atoms with E-state index in [-0.39, 0.29) is 65.8 Å².